The zero-order valence-corrected chi connectivity index (χ0v) is 10.5. The second-order valence-corrected chi connectivity index (χ2v) is 4.71. The Balaban J connectivity index is 1.73. The first kappa shape index (κ1) is 13.0. The predicted octanol–water partition coefficient (Wildman–Crippen LogP) is 2.64. The minimum Gasteiger partial charge on any atom is -0.326 e. The zero-order chi connectivity index (χ0) is 12.8. The van der Waals surface area contributed by atoms with Gasteiger partial charge in [0.2, 0.25) is 5.91 Å². The number of rotatable bonds is 4. The molecule has 1 aromatic carbocycles. The number of amides is 1. The second-order valence-electron chi connectivity index (χ2n) is 4.71. The van der Waals surface area contributed by atoms with Crippen molar-refractivity contribution in [3.05, 3.63) is 30.1 Å². The number of benzene rings is 1. The summed E-state index contributed by atoms with van der Waals surface area (Å²) < 4.78 is 12.7. The third kappa shape index (κ3) is 4.11. The molecule has 0 spiro atoms. The van der Waals surface area contributed by atoms with Crippen molar-refractivity contribution < 1.29 is 9.18 Å². The van der Waals surface area contributed by atoms with Gasteiger partial charge in [-0.15, -0.1) is 0 Å². The molecule has 0 saturated carbocycles. The standard InChI is InChI=1S/C14H19FN2O/c15-12-4-6-13(7-5-12)16-14(18)8-11-17-9-2-1-3-10-17/h4-7H,1-3,8-11H2,(H,16,18). The van der Waals surface area contributed by atoms with Gasteiger partial charge in [0.05, 0.1) is 0 Å². The van der Waals surface area contributed by atoms with E-state index in [9.17, 15) is 9.18 Å². The van der Waals surface area contributed by atoms with Gasteiger partial charge in [0.1, 0.15) is 5.82 Å². The van der Waals surface area contributed by atoms with Crippen LogP contribution in [0.5, 0.6) is 0 Å². The number of likely N-dealkylation sites (tertiary alicyclic amines) is 1. The monoisotopic (exact) mass is 250 g/mol. The number of halogens is 1. The largest absolute Gasteiger partial charge is 0.326 e. The highest BCUT2D eigenvalue weighted by atomic mass is 19.1. The Morgan fingerprint density at radius 2 is 1.83 bits per heavy atom. The topological polar surface area (TPSA) is 32.3 Å². The Morgan fingerprint density at radius 3 is 2.50 bits per heavy atom. The Hall–Kier alpha value is -1.42. The number of carbonyl (C=O) groups excluding carboxylic acids is 1. The molecule has 1 heterocycles. The molecule has 1 fully saturated rings. The summed E-state index contributed by atoms with van der Waals surface area (Å²) in [7, 11) is 0. The highest BCUT2D eigenvalue weighted by Gasteiger charge is 2.11. The molecular weight excluding hydrogens is 231 g/mol. The van der Waals surface area contributed by atoms with Crippen LogP contribution in [0.3, 0.4) is 0 Å². The van der Waals surface area contributed by atoms with E-state index in [0.29, 0.717) is 12.1 Å². The fourth-order valence-corrected chi connectivity index (χ4v) is 2.20. The van der Waals surface area contributed by atoms with Gasteiger partial charge in [-0.2, -0.15) is 0 Å². The molecule has 3 nitrogen and oxygen atoms in total. The highest BCUT2D eigenvalue weighted by molar-refractivity contribution is 5.90. The minimum absolute atomic E-state index is 0.00724. The first-order valence-electron chi connectivity index (χ1n) is 6.52. The van der Waals surface area contributed by atoms with Gasteiger partial charge in [-0.25, -0.2) is 4.39 Å². The lowest BCUT2D eigenvalue weighted by atomic mass is 10.1. The third-order valence-electron chi connectivity index (χ3n) is 3.23. The number of hydrogen-bond donors (Lipinski definition) is 1. The molecule has 98 valence electrons. The molecule has 18 heavy (non-hydrogen) atoms. The summed E-state index contributed by atoms with van der Waals surface area (Å²) in [5.41, 5.74) is 0.653. The van der Waals surface area contributed by atoms with Crippen LogP contribution >= 0.6 is 0 Å². The van der Waals surface area contributed by atoms with E-state index < -0.39 is 0 Å². The molecule has 0 aromatic heterocycles. The summed E-state index contributed by atoms with van der Waals surface area (Å²) in [5, 5.41) is 2.78. The number of nitrogens with zero attached hydrogens (tertiary/aromatic N) is 1. The van der Waals surface area contributed by atoms with Gasteiger partial charge in [0.15, 0.2) is 0 Å². The summed E-state index contributed by atoms with van der Waals surface area (Å²) in [5.74, 6) is -0.298. The lowest BCUT2D eigenvalue weighted by Gasteiger charge is -2.25. The Kier molecular flexibility index (Phi) is 4.70. The number of carbonyl (C=O) groups is 1. The van der Waals surface area contributed by atoms with E-state index in [0.717, 1.165) is 19.6 Å². The molecule has 0 aliphatic carbocycles. The molecule has 2 rings (SSSR count). The molecular formula is C14H19FN2O. The van der Waals surface area contributed by atoms with E-state index in [1.807, 2.05) is 0 Å². The van der Waals surface area contributed by atoms with Crippen LogP contribution in [0, 0.1) is 5.82 Å². The van der Waals surface area contributed by atoms with E-state index in [1.54, 1.807) is 12.1 Å². The quantitative estimate of drug-likeness (QED) is 0.891. The van der Waals surface area contributed by atoms with Crippen molar-refractivity contribution in [2.24, 2.45) is 0 Å². The highest BCUT2D eigenvalue weighted by Crippen LogP contribution is 2.11. The van der Waals surface area contributed by atoms with Crippen LogP contribution in [-0.2, 0) is 4.79 Å². The van der Waals surface area contributed by atoms with Crippen molar-refractivity contribution >= 4 is 11.6 Å². The van der Waals surface area contributed by atoms with Gasteiger partial charge < -0.3 is 10.2 Å². The average molecular weight is 250 g/mol. The van der Waals surface area contributed by atoms with Gasteiger partial charge in [-0.1, -0.05) is 6.42 Å². The minimum atomic E-state index is -0.290. The maximum atomic E-state index is 12.7. The van der Waals surface area contributed by atoms with Gasteiger partial charge in [0.25, 0.3) is 0 Å². The van der Waals surface area contributed by atoms with Crippen LogP contribution < -0.4 is 5.32 Å². The van der Waals surface area contributed by atoms with Crippen molar-refractivity contribution in [2.45, 2.75) is 25.7 Å². The van der Waals surface area contributed by atoms with E-state index >= 15 is 0 Å². The van der Waals surface area contributed by atoms with Crippen LogP contribution in [0.2, 0.25) is 0 Å². The maximum absolute atomic E-state index is 12.7. The van der Waals surface area contributed by atoms with Crippen molar-refractivity contribution in [3.8, 4) is 0 Å². The van der Waals surface area contributed by atoms with Crippen LogP contribution in [0.1, 0.15) is 25.7 Å². The predicted molar refractivity (Wildman–Crippen MR) is 69.9 cm³/mol. The Labute approximate surface area is 107 Å². The zero-order valence-electron chi connectivity index (χ0n) is 10.5. The van der Waals surface area contributed by atoms with E-state index in [-0.39, 0.29) is 11.7 Å². The molecule has 4 heteroatoms. The van der Waals surface area contributed by atoms with Gasteiger partial charge >= 0.3 is 0 Å². The number of nitrogens with one attached hydrogen (secondary N) is 1. The van der Waals surface area contributed by atoms with Crippen molar-refractivity contribution in [1.29, 1.82) is 0 Å². The third-order valence-corrected chi connectivity index (χ3v) is 3.23. The van der Waals surface area contributed by atoms with Gasteiger partial charge in [0, 0.05) is 18.7 Å². The fourth-order valence-electron chi connectivity index (χ4n) is 2.20. The molecule has 0 unspecified atom stereocenters. The van der Waals surface area contributed by atoms with Crippen molar-refractivity contribution in [1.82, 2.24) is 4.90 Å². The normalized spacial score (nSPS) is 16.5. The Bertz CT molecular complexity index is 385. The average Bonchev–Trinajstić information content (AvgIpc) is 2.40. The second kappa shape index (κ2) is 6.50. The smallest absolute Gasteiger partial charge is 0.225 e. The molecule has 0 bridgehead atoms. The fraction of sp³-hybridized carbons (Fsp3) is 0.500. The summed E-state index contributed by atoms with van der Waals surface area (Å²) in [6, 6.07) is 5.85. The Morgan fingerprint density at radius 1 is 1.17 bits per heavy atom. The lowest BCUT2D eigenvalue weighted by molar-refractivity contribution is -0.116. The van der Waals surface area contributed by atoms with Crippen LogP contribution in [-0.4, -0.2) is 30.4 Å². The molecule has 0 atom stereocenters. The molecule has 0 radical (unpaired) electrons. The first-order chi connectivity index (χ1) is 8.74. The van der Waals surface area contributed by atoms with Crippen LogP contribution in [0.25, 0.3) is 0 Å². The van der Waals surface area contributed by atoms with E-state index in [1.165, 1.54) is 31.4 Å². The first-order valence-corrected chi connectivity index (χ1v) is 6.52. The van der Waals surface area contributed by atoms with Gasteiger partial charge in [-0.3, -0.25) is 4.79 Å². The van der Waals surface area contributed by atoms with Crippen molar-refractivity contribution in [3.63, 3.8) is 0 Å². The van der Waals surface area contributed by atoms with Crippen molar-refractivity contribution in [2.75, 3.05) is 25.0 Å². The van der Waals surface area contributed by atoms with Crippen LogP contribution in [0.15, 0.2) is 24.3 Å². The van der Waals surface area contributed by atoms with E-state index in [4.69, 9.17) is 0 Å². The summed E-state index contributed by atoms with van der Waals surface area (Å²) >= 11 is 0. The molecule has 1 saturated heterocycles. The lowest BCUT2D eigenvalue weighted by Crippen LogP contribution is -2.32. The summed E-state index contributed by atoms with van der Waals surface area (Å²) in [4.78, 5) is 14.0. The molecule has 1 aromatic rings. The number of hydrogen-bond acceptors (Lipinski definition) is 2. The van der Waals surface area contributed by atoms with Gasteiger partial charge in [-0.05, 0) is 50.2 Å². The molecule has 1 aliphatic rings. The molecule has 1 amide bonds. The maximum Gasteiger partial charge on any atom is 0.225 e. The molecule has 1 N–H and O–H groups in total. The van der Waals surface area contributed by atoms with E-state index in [2.05, 4.69) is 10.2 Å². The molecule has 1 aliphatic heterocycles. The number of piperidine rings is 1. The summed E-state index contributed by atoms with van der Waals surface area (Å²) in [6.07, 6.45) is 4.27. The van der Waals surface area contributed by atoms with Crippen LogP contribution in [0.4, 0.5) is 10.1 Å². The summed E-state index contributed by atoms with van der Waals surface area (Å²) in [6.45, 7) is 3.01. The number of anilines is 1. The SMILES string of the molecule is O=C(CCN1CCCCC1)Nc1ccc(F)cc1.